The summed E-state index contributed by atoms with van der Waals surface area (Å²) in [5, 5.41) is 3.32. The molecule has 0 bridgehead atoms. The van der Waals surface area contributed by atoms with Gasteiger partial charge in [-0.3, -0.25) is 0 Å². The molecular weight excluding hydrogens is 264 g/mol. The van der Waals surface area contributed by atoms with E-state index in [0.29, 0.717) is 18.7 Å². The fourth-order valence-electron chi connectivity index (χ4n) is 2.07. The summed E-state index contributed by atoms with van der Waals surface area (Å²) >= 11 is 0. The molecule has 4 heteroatoms. The van der Waals surface area contributed by atoms with E-state index >= 15 is 0 Å². The van der Waals surface area contributed by atoms with Gasteiger partial charge in [0.15, 0.2) is 0 Å². The monoisotopic (exact) mass is 284 g/mol. The second-order valence-electron chi connectivity index (χ2n) is 4.84. The first-order valence-electron chi connectivity index (χ1n) is 6.89. The summed E-state index contributed by atoms with van der Waals surface area (Å²) in [6.45, 7) is 1.41. The molecular formula is C17H20N2O2. The van der Waals surface area contributed by atoms with Crippen molar-refractivity contribution >= 4 is 5.97 Å². The lowest BCUT2D eigenvalue weighted by atomic mass is 10.1. The van der Waals surface area contributed by atoms with Crippen LogP contribution in [0.15, 0.2) is 54.6 Å². The van der Waals surface area contributed by atoms with Gasteiger partial charge in [0.2, 0.25) is 0 Å². The van der Waals surface area contributed by atoms with Gasteiger partial charge in [0.25, 0.3) is 0 Å². The Morgan fingerprint density at radius 2 is 1.81 bits per heavy atom. The lowest BCUT2D eigenvalue weighted by Crippen LogP contribution is -2.26. The van der Waals surface area contributed by atoms with Crippen LogP contribution in [-0.4, -0.2) is 19.6 Å². The van der Waals surface area contributed by atoms with Crippen LogP contribution in [0.4, 0.5) is 0 Å². The Hall–Kier alpha value is -2.17. The SMILES string of the molecule is COC(=O)c1ccc(CNCC(N)c2ccccc2)cc1. The van der Waals surface area contributed by atoms with E-state index in [0.717, 1.165) is 11.1 Å². The molecule has 0 heterocycles. The predicted molar refractivity (Wildman–Crippen MR) is 82.9 cm³/mol. The number of nitrogens with two attached hydrogens (primary N) is 1. The molecule has 0 fully saturated rings. The summed E-state index contributed by atoms with van der Waals surface area (Å²) in [4.78, 5) is 11.3. The molecule has 4 nitrogen and oxygen atoms in total. The molecule has 1 atom stereocenters. The first-order chi connectivity index (χ1) is 10.2. The fourth-order valence-corrected chi connectivity index (χ4v) is 2.07. The van der Waals surface area contributed by atoms with Crippen LogP contribution >= 0.6 is 0 Å². The van der Waals surface area contributed by atoms with Crippen LogP contribution in [0.25, 0.3) is 0 Å². The van der Waals surface area contributed by atoms with Gasteiger partial charge in [-0.15, -0.1) is 0 Å². The maximum atomic E-state index is 11.3. The van der Waals surface area contributed by atoms with E-state index in [1.165, 1.54) is 7.11 Å². The maximum absolute atomic E-state index is 11.3. The average Bonchev–Trinajstić information content (AvgIpc) is 2.55. The number of ether oxygens (including phenoxy) is 1. The van der Waals surface area contributed by atoms with E-state index in [4.69, 9.17) is 5.73 Å². The van der Waals surface area contributed by atoms with Crippen LogP contribution in [0.2, 0.25) is 0 Å². The van der Waals surface area contributed by atoms with Crippen molar-refractivity contribution in [1.29, 1.82) is 0 Å². The highest BCUT2D eigenvalue weighted by atomic mass is 16.5. The normalized spacial score (nSPS) is 11.9. The molecule has 21 heavy (non-hydrogen) atoms. The molecule has 0 spiro atoms. The topological polar surface area (TPSA) is 64.3 Å². The standard InChI is InChI=1S/C17H20N2O2/c1-21-17(20)15-9-7-13(8-10-15)11-19-12-16(18)14-5-3-2-4-6-14/h2-10,16,19H,11-12,18H2,1H3. The quantitative estimate of drug-likeness (QED) is 0.799. The van der Waals surface area contributed by atoms with Gasteiger partial charge in [-0.05, 0) is 23.3 Å². The smallest absolute Gasteiger partial charge is 0.337 e. The fraction of sp³-hybridized carbons (Fsp3) is 0.235. The van der Waals surface area contributed by atoms with E-state index in [1.54, 1.807) is 12.1 Å². The zero-order valence-corrected chi connectivity index (χ0v) is 12.1. The minimum absolute atomic E-state index is 0.0273. The van der Waals surface area contributed by atoms with Crippen LogP contribution in [0.5, 0.6) is 0 Å². The first kappa shape index (κ1) is 15.2. The van der Waals surface area contributed by atoms with E-state index in [9.17, 15) is 4.79 Å². The number of rotatable bonds is 6. The maximum Gasteiger partial charge on any atom is 0.337 e. The highest BCUT2D eigenvalue weighted by Crippen LogP contribution is 2.09. The van der Waals surface area contributed by atoms with Gasteiger partial charge in [-0.2, -0.15) is 0 Å². The molecule has 110 valence electrons. The van der Waals surface area contributed by atoms with Crippen molar-refractivity contribution in [2.75, 3.05) is 13.7 Å². The second-order valence-corrected chi connectivity index (χ2v) is 4.84. The van der Waals surface area contributed by atoms with Gasteiger partial charge in [0.05, 0.1) is 12.7 Å². The molecule has 0 aliphatic carbocycles. The van der Waals surface area contributed by atoms with Crippen LogP contribution in [0.3, 0.4) is 0 Å². The molecule has 2 aromatic rings. The van der Waals surface area contributed by atoms with E-state index < -0.39 is 0 Å². The Bertz CT molecular complexity index is 567. The molecule has 0 aliphatic rings. The third kappa shape index (κ3) is 4.41. The molecule has 3 N–H and O–H groups in total. The van der Waals surface area contributed by atoms with Gasteiger partial charge in [0, 0.05) is 19.1 Å². The average molecular weight is 284 g/mol. The van der Waals surface area contributed by atoms with Crippen molar-refractivity contribution in [2.24, 2.45) is 5.73 Å². The van der Waals surface area contributed by atoms with Gasteiger partial charge in [-0.25, -0.2) is 4.79 Å². The highest BCUT2D eigenvalue weighted by Gasteiger charge is 2.06. The van der Waals surface area contributed by atoms with Crippen molar-refractivity contribution < 1.29 is 9.53 Å². The van der Waals surface area contributed by atoms with Gasteiger partial charge in [0.1, 0.15) is 0 Å². The Balaban J connectivity index is 1.82. The van der Waals surface area contributed by atoms with Crippen LogP contribution in [-0.2, 0) is 11.3 Å². The molecule has 0 amide bonds. The molecule has 1 unspecified atom stereocenters. The number of carbonyl (C=O) groups excluding carboxylic acids is 1. The predicted octanol–water partition coefficient (Wildman–Crippen LogP) is 2.26. The number of hydrogen-bond acceptors (Lipinski definition) is 4. The number of hydrogen-bond donors (Lipinski definition) is 2. The number of methoxy groups -OCH3 is 1. The number of nitrogens with one attached hydrogen (secondary N) is 1. The van der Waals surface area contributed by atoms with E-state index in [-0.39, 0.29) is 12.0 Å². The summed E-state index contributed by atoms with van der Waals surface area (Å²) in [6.07, 6.45) is 0. The highest BCUT2D eigenvalue weighted by molar-refractivity contribution is 5.89. The minimum Gasteiger partial charge on any atom is -0.465 e. The molecule has 2 rings (SSSR count). The Morgan fingerprint density at radius 3 is 2.43 bits per heavy atom. The molecule has 0 saturated carbocycles. The Morgan fingerprint density at radius 1 is 1.14 bits per heavy atom. The largest absolute Gasteiger partial charge is 0.465 e. The Kier molecular flexibility index (Phi) is 5.49. The lowest BCUT2D eigenvalue weighted by molar-refractivity contribution is 0.0600. The van der Waals surface area contributed by atoms with Crippen molar-refractivity contribution in [1.82, 2.24) is 5.32 Å². The number of benzene rings is 2. The Labute approximate surface area is 124 Å². The summed E-state index contributed by atoms with van der Waals surface area (Å²) in [6, 6.07) is 17.3. The van der Waals surface area contributed by atoms with Gasteiger partial charge < -0.3 is 15.8 Å². The van der Waals surface area contributed by atoms with Crippen molar-refractivity contribution in [3.8, 4) is 0 Å². The zero-order valence-electron chi connectivity index (χ0n) is 12.1. The second kappa shape index (κ2) is 7.57. The summed E-state index contributed by atoms with van der Waals surface area (Å²) in [5.74, 6) is -0.319. The summed E-state index contributed by atoms with van der Waals surface area (Å²) in [7, 11) is 1.38. The van der Waals surface area contributed by atoms with E-state index in [2.05, 4.69) is 10.1 Å². The minimum atomic E-state index is -0.319. The molecule has 0 aromatic heterocycles. The summed E-state index contributed by atoms with van der Waals surface area (Å²) in [5.41, 5.74) is 8.89. The van der Waals surface area contributed by atoms with Crippen LogP contribution in [0, 0.1) is 0 Å². The van der Waals surface area contributed by atoms with Crippen LogP contribution < -0.4 is 11.1 Å². The van der Waals surface area contributed by atoms with Gasteiger partial charge >= 0.3 is 5.97 Å². The van der Waals surface area contributed by atoms with Gasteiger partial charge in [-0.1, -0.05) is 42.5 Å². The van der Waals surface area contributed by atoms with Crippen molar-refractivity contribution in [3.05, 3.63) is 71.3 Å². The number of esters is 1. The summed E-state index contributed by atoms with van der Waals surface area (Å²) < 4.78 is 4.67. The molecule has 0 radical (unpaired) electrons. The third-order valence-corrected chi connectivity index (χ3v) is 3.30. The lowest BCUT2D eigenvalue weighted by Gasteiger charge is -2.13. The van der Waals surface area contributed by atoms with Crippen molar-refractivity contribution in [3.63, 3.8) is 0 Å². The number of carbonyl (C=O) groups is 1. The van der Waals surface area contributed by atoms with Crippen LogP contribution in [0.1, 0.15) is 27.5 Å². The third-order valence-electron chi connectivity index (χ3n) is 3.30. The zero-order chi connectivity index (χ0) is 15.1. The van der Waals surface area contributed by atoms with E-state index in [1.807, 2.05) is 42.5 Å². The molecule has 0 aliphatic heterocycles. The molecule has 0 saturated heterocycles. The van der Waals surface area contributed by atoms with Crippen molar-refractivity contribution in [2.45, 2.75) is 12.6 Å². The first-order valence-corrected chi connectivity index (χ1v) is 6.89. The molecule has 2 aromatic carbocycles.